The second kappa shape index (κ2) is 6.23. The number of rotatable bonds is 5. The normalized spacial score (nSPS) is 15.8. The van der Waals surface area contributed by atoms with Crippen LogP contribution in [-0.2, 0) is 14.8 Å². The number of carbonyl (C=O) groups excluding carboxylic acids is 1. The molecule has 3 heterocycles. The molecule has 2 aromatic rings. The molecule has 0 bridgehead atoms. The Morgan fingerprint density at radius 1 is 1.29 bits per heavy atom. The Kier molecular flexibility index (Phi) is 4.41. The SMILES string of the molecule is CC(C)(C(=O)Nc1nc(-c2ccncc2)cs1)S(=O)(=O)N1CCC1. The topological polar surface area (TPSA) is 92.3 Å². The molecule has 0 radical (unpaired) electrons. The van der Waals surface area contributed by atoms with Crippen LogP contribution in [0.3, 0.4) is 0 Å². The fourth-order valence-corrected chi connectivity index (χ4v) is 4.59. The molecular formula is C15H18N4O3S2. The lowest BCUT2D eigenvalue weighted by molar-refractivity contribution is -0.118. The minimum Gasteiger partial charge on any atom is -0.301 e. The Morgan fingerprint density at radius 3 is 2.54 bits per heavy atom. The summed E-state index contributed by atoms with van der Waals surface area (Å²) in [6.45, 7) is 3.80. The van der Waals surface area contributed by atoms with Gasteiger partial charge in [0.15, 0.2) is 9.88 Å². The quantitative estimate of drug-likeness (QED) is 0.873. The van der Waals surface area contributed by atoms with Crippen LogP contribution in [0.2, 0.25) is 0 Å². The predicted molar refractivity (Wildman–Crippen MR) is 93.2 cm³/mol. The lowest BCUT2D eigenvalue weighted by Gasteiger charge is -2.36. The minimum absolute atomic E-state index is 0.374. The Morgan fingerprint density at radius 2 is 1.96 bits per heavy atom. The largest absolute Gasteiger partial charge is 0.301 e. The van der Waals surface area contributed by atoms with Crippen LogP contribution in [0.4, 0.5) is 5.13 Å². The number of hydrogen-bond donors (Lipinski definition) is 1. The first-order valence-corrected chi connectivity index (χ1v) is 9.81. The second-order valence-corrected chi connectivity index (χ2v) is 9.34. The van der Waals surface area contributed by atoms with Gasteiger partial charge in [-0.25, -0.2) is 17.7 Å². The molecule has 1 aliphatic heterocycles. The monoisotopic (exact) mass is 366 g/mol. The molecule has 3 rings (SSSR count). The molecule has 0 aromatic carbocycles. The summed E-state index contributed by atoms with van der Waals surface area (Å²) >= 11 is 1.26. The highest BCUT2D eigenvalue weighted by Crippen LogP contribution is 2.29. The lowest BCUT2D eigenvalue weighted by Crippen LogP contribution is -2.55. The highest BCUT2D eigenvalue weighted by atomic mass is 32.2. The smallest absolute Gasteiger partial charge is 0.248 e. The van der Waals surface area contributed by atoms with Gasteiger partial charge in [-0.05, 0) is 32.4 Å². The molecule has 7 nitrogen and oxygen atoms in total. The molecule has 9 heteroatoms. The van der Waals surface area contributed by atoms with Crippen molar-refractivity contribution in [2.45, 2.75) is 25.0 Å². The van der Waals surface area contributed by atoms with E-state index in [0.29, 0.717) is 23.9 Å². The zero-order valence-electron chi connectivity index (χ0n) is 13.4. The van der Waals surface area contributed by atoms with Crippen molar-refractivity contribution in [3.05, 3.63) is 29.9 Å². The molecule has 1 amide bonds. The van der Waals surface area contributed by atoms with Gasteiger partial charge in [0.1, 0.15) is 0 Å². The minimum atomic E-state index is -3.68. The van der Waals surface area contributed by atoms with Gasteiger partial charge in [-0.1, -0.05) is 0 Å². The Balaban J connectivity index is 1.76. The zero-order valence-corrected chi connectivity index (χ0v) is 15.0. The number of nitrogens with one attached hydrogen (secondary N) is 1. The van der Waals surface area contributed by atoms with Gasteiger partial charge in [0.25, 0.3) is 0 Å². The summed E-state index contributed by atoms with van der Waals surface area (Å²) in [5, 5.41) is 4.81. The molecule has 1 N–H and O–H groups in total. The standard InChI is InChI=1S/C15H18N4O3S2/c1-15(2,24(21,22)19-8-3-9-19)13(20)18-14-17-12(10-23-14)11-4-6-16-7-5-11/h4-7,10H,3,8-9H2,1-2H3,(H,17,18,20). The highest BCUT2D eigenvalue weighted by molar-refractivity contribution is 7.91. The molecule has 0 saturated carbocycles. The number of pyridine rings is 1. The van der Waals surface area contributed by atoms with Gasteiger partial charge in [-0.15, -0.1) is 11.3 Å². The van der Waals surface area contributed by atoms with E-state index in [2.05, 4.69) is 15.3 Å². The van der Waals surface area contributed by atoms with Gasteiger partial charge in [0.2, 0.25) is 15.9 Å². The van der Waals surface area contributed by atoms with E-state index in [1.165, 1.54) is 29.5 Å². The first kappa shape index (κ1) is 17.0. The highest BCUT2D eigenvalue weighted by Gasteiger charge is 2.47. The number of hydrogen-bond acceptors (Lipinski definition) is 6. The number of carbonyl (C=O) groups is 1. The van der Waals surface area contributed by atoms with Crippen LogP contribution in [0.5, 0.6) is 0 Å². The van der Waals surface area contributed by atoms with Crippen molar-refractivity contribution in [3.63, 3.8) is 0 Å². The fraction of sp³-hybridized carbons (Fsp3) is 0.400. The molecule has 0 unspecified atom stereocenters. The number of sulfonamides is 1. The van der Waals surface area contributed by atoms with E-state index in [4.69, 9.17) is 0 Å². The maximum atomic E-state index is 12.5. The van der Waals surface area contributed by atoms with E-state index in [-0.39, 0.29) is 0 Å². The summed E-state index contributed by atoms with van der Waals surface area (Å²) in [4.78, 5) is 20.8. The first-order chi connectivity index (χ1) is 11.3. The molecular weight excluding hydrogens is 348 g/mol. The maximum Gasteiger partial charge on any atom is 0.248 e. The van der Waals surface area contributed by atoms with Gasteiger partial charge in [-0.3, -0.25) is 9.78 Å². The molecule has 128 valence electrons. The summed E-state index contributed by atoms with van der Waals surface area (Å²) in [6.07, 6.45) is 4.16. The van der Waals surface area contributed by atoms with Gasteiger partial charge in [0.05, 0.1) is 5.69 Å². The summed E-state index contributed by atoms with van der Waals surface area (Å²) in [7, 11) is -3.68. The van der Waals surface area contributed by atoms with Crippen molar-refractivity contribution in [1.82, 2.24) is 14.3 Å². The molecule has 2 aromatic heterocycles. The van der Waals surface area contributed by atoms with E-state index < -0.39 is 20.7 Å². The maximum absolute atomic E-state index is 12.5. The summed E-state index contributed by atoms with van der Waals surface area (Å²) in [6, 6.07) is 3.64. The third kappa shape index (κ3) is 2.94. The van der Waals surface area contributed by atoms with E-state index >= 15 is 0 Å². The molecule has 0 aliphatic carbocycles. The van der Waals surface area contributed by atoms with Gasteiger partial charge >= 0.3 is 0 Å². The summed E-state index contributed by atoms with van der Waals surface area (Å²) in [5.74, 6) is -0.579. The van der Waals surface area contributed by atoms with Crippen LogP contribution in [0.15, 0.2) is 29.9 Å². The van der Waals surface area contributed by atoms with Crippen molar-refractivity contribution in [2.24, 2.45) is 0 Å². The third-order valence-corrected chi connectivity index (χ3v) is 7.33. The van der Waals surface area contributed by atoms with Crippen molar-refractivity contribution in [3.8, 4) is 11.3 Å². The van der Waals surface area contributed by atoms with Crippen molar-refractivity contribution >= 4 is 32.4 Å². The van der Waals surface area contributed by atoms with E-state index in [1.807, 2.05) is 17.5 Å². The second-order valence-electron chi connectivity index (χ2n) is 6.00. The number of nitrogens with zero attached hydrogens (tertiary/aromatic N) is 3. The van der Waals surface area contributed by atoms with Crippen LogP contribution in [0.1, 0.15) is 20.3 Å². The van der Waals surface area contributed by atoms with Crippen LogP contribution in [0.25, 0.3) is 11.3 Å². The molecule has 1 fully saturated rings. The number of anilines is 1. The molecule has 1 saturated heterocycles. The lowest BCUT2D eigenvalue weighted by atomic mass is 10.2. The van der Waals surface area contributed by atoms with Crippen molar-refractivity contribution < 1.29 is 13.2 Å². The predicted octanol–water partition coefficient (Wildman–Crippen LogP) is 1.96. The molecule has 24 heavy (non-hydrogen) atoms. The van der Waals surface area contributed by atoms with E-state index in [9.17, 15) is 13.2 Å². The van der Waals surface area contributed by atoms with Crippen LogP contribution >= 0.6 is 11.3 Å². The van der Waals surface area contributed by atoms with Crippen LogP contribution in [0, 0.1) is 0 Å². The Labute approximate surface area is 144 Å². The Hall–Kier alpha value is -1.84. The average Bonchev–Trinajstić information content (AvgIpc) is 2.94. The van der Waals surface area contributed by atoms with Gasteiger partial charge in [0, 0.05) is 36.4 Å². The van der Waals surface area contributed by atoms with Crippen LogP contribution < -0.4 is 5.32 Å². The molecule has 1 aliphatic rings. The summed E-state index contributed by atoms with van der Waals surface area (Å²) in [5.41, 5.74) is 1.59. The fourth-order valence-electron chi connectivity index (χ4n) is 2.20. The average molecular weight is 366 g/mol. The van der Waals surface area contributed by atoms with Gasteiger partial charge < -0.3 is 5.32 Å². The summed E-state index contributed by atoms with van der Waals surface area (Å²) < 4.78 is 24.9. The number of aromatic nitrogens is 2. The number of thiazole rings is 1. The number of amides is 1. The van der Waals surface area contributed by atoms with Crippen LogP contribution in [-0.4, -0.2) is 46.4 Å². The van der Waals surface area contributed by atoms with E-state index in [1.54, 1.807) is 12.4 Å². The first-order valence-electron chi connectivity index (χ1n) is 7.49. The van der Waals surface area contributed by atoms with Crippen molar-refractivity contribution in [2.75, 3.05) is 18.4 Å². The van der Waals surface area contributed by atoms with E-state index in [0.717, 1.165) is 12.0 Å². The van der Waals surface area contributed by atoms with Gasteiger partial charge in [-0.2, -0.15) is 0 Å². The zero-order chi connectivity index (χ0) is 17.4. The molecule has 0 spiro atoms. The molecule has 0 atom stereocenters. The third-order valence-electron chi connectivity index (χ3n) is 4.05. The Bertz CT molecular complexity index is 843. The van der Waals surface area contributed by atoms with Crippen molar-refractivity contribution in [1.29, 1.82) is 0 Å².